The number of nitrogens with zero attached hydrogens (tertiary/aromatic N) is 6. The predicted octanol–water partition coefficient (Wildman–Crippen LogP) is 5.51. The van der Waals surface area contributed by atoms with E-state index in [0.717, 1.165) is 24.3 Å². The Labute approximate surface area is 238 Å². The number of carbonyl (C=O) groups is 1. The summed E-state index contributed by atoms with van der Waals surface area (Å²) in [5.74, 6) is -0.957. The van der Waals surface area contributed by atoms with Crippen molar-refractivity contribution in [1.29, 1.82) is 0 Å². The Morgan fingerprint density at radius 2 is 1.72 bits per heavy atom. The highest BCUT2D eigenvalue weighted by Gasteiger charge is 2.33. The molecule has 43 heavy (non-hydrogen) atoms. The van der Waals surface area contributed by atoms with Crippen LogP contribution in [0.4, 0.5) is 38.0 Å². The molecule has 0 aliphatic rings. The average molecular weight is 605 g/mol. The van der Waals surface area contributed by atoms with Gasteiger partial charge in [0, 0.05) is 12.6 Å². The van der Waals surface area contributed by atoms with Crippen molar-refractivity contribution in [3.05, 3.63) is 88.5 Å². The van der Waals surface area contributed by atoms with Gasteiger partial charge in [0.15, 0.2) is 0 Å². The molecule has 1 amide bonds. The molecule has 0 atom stereocenters. The van der Waals surface area contributed by atoms with Crippen LogP contribution >= 0.6 is 0 Å². The number of fused-ring (bicyclic) bond motifs is 1. The summed E-state index contributed by atoms with van der Waals surface area (Å²) in [6, 6.07) is 13.3. The van der Waals surface area contributed by atoms with E-state index in [-0.39, 0.29) is 34.9 Å². The maximum absolute atomic E-state index is 13.9. The third-order valence-electron chi connectivity index (χ3n) is 6.47. The molecule has 0 saturated heterocycles. The van der Waals surface area contributed by atoms with Gasteiger partial charge in [-0.15, -0.1) is 18.3 Å². The third kappa shape index (κ3) is 6.52. The number of aromatic amines is 1. The fourth-order valence-electron chi connectivity index (χ4n) is 4.55. The van der Waals surface area contributed by atoms with Gasteiger partial charge in [-0.2, -0.15) is 18.4 Å². The van der Waals surface area contributed by atoms with E-state index in [9.17, 15) is 31.1 Å². The summed E-state index contributed by atoms with van der Waals surface area (Å²) in [7, 11) is 1.65. The molecule has 0 unspecified atom stereocenters. The van der Waals surface area contributed by atoms with Crippen molar-refractivity contribution in [3.63, 3.8) is 0 Å². The first kappa shape index (κ1) is 29.3. The molecule has 2 aromatic heterocycles. The number of ether oxygens (including phenoxy) is 1. The fourth-order valence-corrected chi connectivity index (χ4v) is 4.55. The molecule has 0 saturated carbocycles. The van der Waals surface area contributed by atoms with Crippen LogP contribution in [0.5, 0.6) is 5.75 Å². The molecule has 224 valence electrons. The average Bonchev–Trinajstić information content (AvgIpc) is 3.55. The minimum Gasteiger partial charge on any atom is -0.406 e. The van der Waals surface area contributed by atoms with Crippen molar-refractivity contribution in [1.82, 2.24) is 29.8 Å². The van der Waals surface area contributed by atoms with Gasteiger partial charge in [0.2, 0.25) is 5.62 Å². The van der Waals surface area contributed by atoms with Crippen molar-refractivity contribution in [2.24, 2.45) is 12.0 Å². The Bertz CT molecular complexity index is 1820. The molecule has 0 fully saturated rings. The zero-order chi connectivity index (χ0) is 30.9. The minimum atomic E-state index is -4.87. The van der Waals surface area contributed by atoms with Crippen molar-refractivity contribution in [3.8, 4) is 5.75 Å². The van der Waals surface area contributed by atoms with E-state index in [4.69, 9.17) is 0 Å². The second-order valence-corrected chi connectivity index (χ2v) is 9.34. The number of nitrogens with one attached hydrogen (secondary N) is 2. The normalized spacial score (nSPS) is 12.6. The molecule has 2 N–H and O–H groups in total. The van der Waals surface area contributed by atoms with E-state index in [1.807, 2.05) is 0 Å². The molecule has 16 heteroatoms. The van der Waals surface area contributed by atoms with Gasteiger partial charge in [-0.25, -0.2) is 4.99 Å². The van der Waals surface area contributed by atoms with Gasteiger partial charge in [0.05, 0.1) is 28.8 Å². The van der Waals surface area contributed by atoms with Gasteiger partial charge in [-0.3, -0.25) is 10.1 Å². The Balaban J connectivity index is 1.60. The van der Waals surface area contributed by atoms with E-state index in [1.54, 1.807) is 35.2 Å². The van der Waals surface area contributed by atoms with Crippen LogP contribution in [-0.4, -0.2) is 42.0 Å². The van der Waals surface area contributed by atoms with Gasteiger partial charge < -0.3 is 13.9 Å². The third-order valence-corrected chi connectivity index (χ3v) is 6.47. The van der Waals surface area contributed by atoms with Crippen LogP contribution in [0.1, 0.15) is 34.0 Å². The number of aromatic nitrogens is 6. The number of tetrazole rings is 1. The molecule has 0 radical (unpaired) electrons. The van der Waals surface area contributed by atoms with Crippen LogP contribution in [0.25, 0.3) is 11.0 Å². The number of halogens is 6. The number of aryl methyl sites for hydroxylation is 2. The van der Waals surface area contributed by atoms with E-state index in [0.29, 0.717) is 23.1 Å². The summed E-state index contributed by atoms with van der Waals surface area (Å²) in [5, 5.41) is 15.4. The Morgan fingerprint density at radius 3 is 2.30 bits per heavy atom. The lowest BCUT2D eigenvalue weighted by Gasteiger charge is -2.12. The number of amides is 1. The summed E-state index contributed by atoms with van der Waals surface area (Å²) in [6.45, 7) is 1.80. The molecule has 0 aliphatic carbocycles. The van der Waals surface area contributed by atoms with Crippen LogP contribution in [0.15, 0.2) is 65.7 Å². The highest BCUT2D eigenvalue weighted by atomic mass is 19.4. The molecule has 0 aliphatic heterocycles. The van der Waals surface area contributed by atoms with Crippen LogP contribution in [0.3, 0.4) is 0 Å². The molecule has 5 rings (SSSR count). The predicted molar refractivity (Wildman–Crippen MR) is 141 cm³/mol. The maximum Gasteiger partial charge on any atom is 0.573 e. The summed E-state index contributed by atoms with van der Waals surface area (Å²) >= 11 is 0. The van der Waals surface area contributed by atoms with Crippen molar-refractivity contribution in [2.45, 2.75) is 32.4 Å². The monoisotopic (exact) mass is 604 g/mol. The Kier molecular flexibility index (Phi) is 7.69. The quantitative estimate of drug-likeness (QED) is 0.238. The maximum atomic E-state index is 13.9. The molecule has 0 bridgehead atoms. The topological polar surface area (TPSA) is 115 Å². The van der Waals surface area contributed by atoms with Crippen molar-refractivity contribution in [2.75, 3.05) is 5.32 Å². The molecular formula is C27H22F6N8O2. The second-order valence-electron chi connectivity index (χ2n) is 9.34. The van der Waals surface area contributed by atoms with Gasteiger partial charge in [-0.05, 0) is 71.3 Å². The van der Waals surface area contributed by atoms with Crippen LogP contribution in [-0.2, 0) is 26.2 Å². The summed E-state index contributed by atoms with van der Waals surface area (Å²) in [5.41, 5.74) is 1.77. The lowest BCUT2D eigenvalue weighted by Crippen LogP contribution is -2.24. The Morgan fingerprint density at radius 1 is 1.02 bits per heavy atom. The molecular weight excluding hydrogens is 582 g/mol. The molecule has 3 aromatic carbocycles. The molecule has 2 heterocycles. The minimum absolute atomic E-state index is 0.0168. The van der Waals surface area contributed by atoms with Gasteiger partial charge in [0.25, 0.3) is 11.9 Å². The first-order valence-electron chi connectivity index (χ1n) is 12.7. The molecule has 0 spiro atoms. The number of rotatable bonds is 7. The largest absolute Gasteiger partial charge is 0.573 e. The second kappa shape index (κ2) is 11.3. The Hall–Kier alpha value is -5.15. The van der Waals surface area contributed by atoms with E-state index >= 15 is 0 Å². The molecule has 10 nitrogen and oxygen atoms in total. The number of alkyl halides is 6. The lowest BCUT2D eigenvalue weighted by molar-refractivity contribution is -0.274. The first-order valence-corrected chi connectivity index (χ1v) is 12.7. The van der Waals surface area contributed by atoms with E-state index < -0.39 is 29.8 Å². The SMILES string of the molecule is CCc1cc(C(F)(F)F)cc2c1n(C)c(=Nc1ccc(OC(F)(F)F)cc1)n2Cc1ccc(C(=O)Nc2nn[nH]n2)cc1. The number of imidazole rings is 1. The number of hydrogen-bond donors (Lipinski definition) is 2. The van der Waals surface area contributed by atoms with E-state index in [2.05, 4.69) is 35.7 Å². The van der Waals surface area contributed by atoms with Crippen LogP contribution in [0, 0.1) is 0 Å². The standard InChI is InChI=1S/C27H22F6N8O2/c1-3-16-12-18(26(28,29)30)13-21-22(16)40(2)25(34-19-8-10-20(11-9-19)43-27(31,32)33)41(21)14-15-4-6-17(7-5-15)23(42)35-24-36-38-39-37-24/h4-13H,3,14H2,1-2H3,(H2,35,36,37,38,39,42). The number of benzene rings is 3. The number of anilines is 1. The summed E-state index contributed by atoms with van der Waals surface area (Å²) in [4.78, 5) is 17.1. The van der Waals surface area contributed by atoms with Crippen LogP contribution in [0.2, 0.25) is 0 Å². The van der Waals surface area contributed by atoms with Crippen molar-refractivity contribution < 1.29 is 35.9 Å². The van der Waals surface area contributed by atoms with Gasteiger partial charge in [0.1, 0.15) is 5.75 Å². The van der Waals surface area contributed by atoms with Crippen LogP contribution < -0.4 is 15.7 Å². The number of hydrogen-bond acceptors (Lipinski definition) is 6. The zero-order valence-electron chi connectivity index (χ0n) is 22.5. The highest BCUT2D eigenvalue weighted by molar-refractivity contribution is 6.03. The first-order chi connectivity index (χ1) is 20.3. The molecule has 5 aromatic rings. The van der Waals surface area contributed by atoms with Gasteiger partial charge >= 0.3 is 12.5 Å². The summed E-state index contributed by atoms with van der Waals surface area (Å²) < 4.78 is 86.5. The zero-order valence-corrected chi connectivity index (χ0v) is 22.5. The smallest absolute Gasteiger partial charge is 0.406 e. The summed E-state index contributed by atoms with van der Waals surface area (Å²) in [6.07, 6.45) is -9.18. The fraction of sp³-hybridized carbons (Fsp3) is 0.222. The van der Waals surface area contributed by atoms with Gasteiger partial charge in [-0.1, -0.05) is 24.2 Å². The number of carbonyl (C=O) groups excluding carboxylic acids is 1. The van der Waals surface area contributed by atoms with Crippen molar-refractivity contribution >= 4 is 28.6 Å². The van der Waals surface area contributed by atoms with E-state index in [1.165, 1.54) is 24.3 Å². The highest BCUT2D eigenvalue weighted by Crippen LogP contribution is 2.34. The number of H-pyrrole nitrogens is 1. The lowest BCUT2D eigenvalue weighted by atomic mass is 10.1.